The van der Waals surface area contributed by atoms with Crippen molar-refractivity contribution in [3.05, 3.63) is 12.7 Å². The molecular formula is C21H29NO5. The van der Waals surface area contributed by atoms with Crippen molar-refractivity contribution in [2.75, 3.05) is 0 Å². The van der Waals surface area contributed by atoms with Crippen LogP contribution in [0.4, 0.5) is 4.79 Å². The van der Waals surface area contributed by atoms with Crippen LogP contribution in [-0.2, 0) is 19.1 Å². The Morgan fingerprint density at radius 1 is 1.15 bits per heavy atom. The predicted octanol–water partition coefficient (Wildman–Crippen LogP) is 3.00. The molecule has 4 rings (SSSR count). The number of rotatable bonds is 1. The van der Waals surface area contributed by atoms with E-state index in [0.717, 1.165) is 12.8 Å². The van der Waals surface area contributed by atoms with Crippen molar-refractivity contribution in [2.24, 2.45) is 28.1 Å². The van der Waals surface area contributed by atoms with Crippen molar-refractivity contribution >= 4 is 17.8 Å². The van der Waals surface area contributed by atoms with Gasteiger partial charge in [-0.05, 0) is 32.1 Å². The molecule has 4 fully saturated rings. The van der Waals surface area contributed by atoms with E-state index >= 15 is 0 Å². The number of ketones is 1. The molecule has 27 heavy (non-hydrogen) atoms. The number of nitrogens with one attached hydrogen (secondary N) is 1. The van der Waals surface area contributed by atoms with Crippen LogP contribution in [-0.4, -0.2) is 36.1 Å². The summed E-state index contributed by atoms with van der Waals surface area (Å²) in [5.74, 6) is -0.311. The highest BCUT2D eigenvalue weighted by Crippen LogP contribution is 2.63. The van der Waals surface area contributed by atoms with E-state index in [1.807, 2.05) is 13.8 Å². The Morgan fingerprint density at radius 2 is 1.85 bits per heavy atom. The zero-order valence-electron chi connectivity index (χ0n) is 16.5. The number of hydrogen-bond acceptors (Lipinski definition) is 5. The maximum atomic E-state index is 13.7. The lowest BCUT2D eigenvalue weighted by Crippen LogP contribution is -2.70. The number of alkyl carbamates (subject to hydrolysis) is 1. The number of Topliss-reactive ketones (excluding diaryl/α,β-unsaturated/α-hetero) is 1. The Labute approximate surface area is 160 Å². The molecule has 2 aliphatic heterocycles. The first-order chi connectivity index (χ1) is 12.6. The van der Waals surface area contributed by atoms with E-state index in [9.17, 15) is 14.4 Å². The van der Waals surface area contributed by atoms with Crippen LogP contribution in [0.5, 0.6) is 0 Å². The summed E-state index contributed by atoms with van der Waals surface area (Å²) in [5, 5.41) is 2.88. The third-order valence-corrected chi connectivity index (χ3v) is 8.52. The highest BCUT2D eigenvalue weighted by molar-refractivity contribution is 5.91. The molecule has 0 unspecified atom stereocenters. The SMILES string of the molecule is C=C[C@@]1(C)C(=O)[C@H](C)[C@]23CCC(=O)O[C@H]2[C@@](C)([C@H](C)CC3)[C@@H]2OC(=O)N[C@H]21. The molecule has 2 bridgehead atoms. The number of hydrogen-bond donors (Lipinski definition) is 1. The van der Waals surface area contributed by atoms with Gasteiger partial charge in [-0.3, -0.25) is 9.59 Å². The molecule has 0 spiro atoms. The fourth-order valence-electron chi connectivity index (χ4n) is 6.40. The number of esters is 1. The van der Waals surface area contributed by atoms with Crippen molar-refractivity contribution in [2.45, 2.75) is 71.6 Å². The van der Waals surface area contributed by atoms with Crippen LogP contribution < -0.4 is 5.32 Å². The Bertz CT molecular complexity index is 734. The second kappa shape index (κ2) is 5.58. The van der Waals surface area contributed by atoms with Crippen molar-refractivity contribution in [1.29, 1.82) is 0 Å². The van der Waals surface area contributed by atoms with E-state index < -0.39 is 40.6 Å². The lowest BCUT2D eigenvalue weighted by Gasteiger charge is -2.63. The Hall–Kier alpha value is -1.85. The molecule has 6 nitrogen and oxygen atoms in total. The van der Waals surface area contributed by atoms with Crippen molar-refractivity contribution < 1.29 is 23.9 Å². The van der Waals surface area contributed by atoms with Gasteiger partial charge in [-0.25, -0.2) is 4.79 Å². The van der Waals surface area contributed by atoms with Crippen LogP contribution in [0.25, 0.3) is 0 Å². The van der Waals surface area contributed by atoms with Crippen LogP contribution in [0, 0.1) is 28.1 Å². The number of carbonyl (C=O) groups excluding carboxylic acids is 3. The summed E-state index contributed by atoms with van der Waals surface area (Å²) in [4.78, 5) is 38.2. The molecule has 6 heteroatoms. The van der Waals surface area contributed by atoms with Crippen molar-refractivity contribution in [3.63, 3.8) is 0 Å². The first-order valence-electron chi connectivity index (χ1n) is 9.96. The maximum Gasteiger partial charge on any atom is 0.407 e. The topological polar surface area (TPSA) is 81.7 Å². The largest absolute Gasteiger partial charge is 0.461 e. The Kier molecular flexibility index (Phi) is 3.83. The number of fused-ring (bicyclic) bond motifs is 2. The fraction of sp³-hybridized carbons (Fsp3) is 0.762. The third kappa shape index (κ3) is 2.10. The summed E-state index contributed by atoms with van der Waals surface area (Å²) >= 11 is 0. The minimum absolute atomic E-state index is 0.0397. The molecule has 4 aliphatic rings. The van der Waals surface area contributed by atoms with E-state index in [1.165, 1.54) is 0 Å². The molecule has 148 valence electrons. The smallest absolute Gasteiger partial charge is 0.407 e. The summed E-state index contributed by atoms with van der Waals surface area (Å²) < 4.78 is 11.8. The highest BCUT2D eigenvalue weighted by Gasteiger charge is 2.71. The molecule has 1 N–H and O–H groups in total. The van der Waals surface area contributed by atoms with Crippen molar-refractivity contribution in [3.8, 4) is 0 Å². The van der Waals surface area contributed by atoms with E-state index in [4.69, 9.17) is 9.47 Å². The Balaban J connectivity index is 1.97. The molecular weight excluding hydrogens is 346 g/mol. The minimum atomic E-state index is -0.937. The lowest BCUT2D eigenvalue weighted by molar-refractivity contribution is -0.236. The minimum Gasteiger partial charge on any atom is -0.461 e. The zero-order valence-corrected chi connectivity index (χ0v) is 16.5. The molecule has 0 radical (unpaired) electrons. The molecule has 2 saturated heterocycles. The number of ether oxygens (including phenoxy) is 2. The van der Waals surface area contributed by atoms with Crippen LogP contribution in [0.2, 0.25) is 0 Å². The first-order valence-corrected chi connectivity index (χ1v) is 9.96. The van der Waals surface area contributed by atoms with Gasteiger partial charge in [0.05, 0.1) is 11.5 Å². The van der Waals surface area contributed by atoms with E-state index in [-0.39, 0.29) is 23.6 Å². The van der Waals surface area contributed by atoms with E-state index in [0.29, 0.717) is 12.8 Å². The van der Waals surface area contributed by atoms with Gasteiger partial charge in [0.1, 0.15) is 18.0 Å². The summed E-state index contributed by atoms with van der Waals surface area (Å²) in [6.45, 7) is 11.9. The Morgan fingerprint density at radius 3 is 2.52 bits per heavy atom. The average Bonchev–Trinajstić information content (AvgIpc) is 3.06. The standard InChI is InChI=1S/C21H29NO5/c1-6-19(4)14-16(27-18(25)22-14)20(5)11(2)7-9-21(12(3)15(19)24)10-8-13(23)26-17(20)21/h6,11-12,14,16-17H,1,7-10H2,2-5H3,(H,22,25)/t11-,12+,14-,16-,17+,19-,20+,21+/m1/s1. The van der Waals surface area contributed by atoms with Gasteiger partial charge in [0, 0.05) is 23.2 Å². The van der Waals surface area contributed by atoms with Gasteiger partial charge in [-0.2, -0.15) is 0 Å². The van der Waals surface area contributed by atoms with Gasteiger partial charge in [0.25, 0.3) is 0 Å². The van der Waals surface area contributed by atoms with Crippen molar-refractivity contribution in [1.82, 2.24) is 5.32 Å². The monoisotopic (exact) mass is 375 g/mol. The molecule has 2 heterocycles. The molecule has 0 aromatic rings. The molecule has 2 saturated carbocycles. The van der Waals surface area contributed by atoms with E-state index in [2.05, 4.69) is 25.7 Å². The quantitative estimate of drug-likeness (QED) is 0.563. The zero-order chi connectivity index (χ0) is 19.8. The maximum absolute atomic E-state index is 13.7. The van der Waals surface area contributed by atoms with Gasteiger partial charge >= 0.3 is 12.1 Å². The first kappa shape index (κ1) is 18.5. The van der Waals surface area contributed by atoms with Gasteiger partial charge in [0.15, 0.2) is 0 Å². The number of carbonyl (C=O) groups is 3. The molecule has 1 amide bonds. The summed E-state index contributed by atoms with van der Waals surface area (Å²) in [7, 11) is 0. The summed E-state index contributed by atoms with van der Waals surface area (Å²) in [5.41, 5.74) is -1.93. The van der Waals surface area contributed by atoms with Crippen LogP contribution in [0.15, 0.2) is 12.7 Å². The third-order valence-electron chi connectivity index (χ3n) is 8.52. The van der Waals surface area contributed by atoms with Crippen LogP contribution in [0.3, 0.4) is 0 Å². The molecule has 0 aromatic carbocycles. The second-order valence-electron chi connectivity index (χ2n) is 9.43. The van der Waals surface area contributed by atoms with Crippen LogP contribution >= 0.6 is 0 Å². The van der Waals surface area contributed by atoms with Gasteiger partial charge in [-0.1, -0.05) is 26.8 Å². The summed E-state index contributed by atoms with van der Waals surface area (Å²) in [6.07, 6.45) is 2.85. The van der Waals surface area contributed by atoms with E-state index in [1.54, 1.807) is 6.08 Å². The summed E-state index contributed by atoms with van der Waals surface area (Å²) in [6, 6.07) is -0.526. The highest BCUT2D eigenvalue weighted by atomic mass is 16.6. The average molecular weight is 375 g/mol. The van der Waals surface area contributed by atoms with Gasteiger partial charge in [-0.15, -0.1) is 6.58 Å². The van der Waals surface area contributed by atoms with Gasteiger partial charge < -0.3 is 14.8 Å². The lowest BCUT2D eigenvalue weighted by atomic mass is 9.44. The predicted molar refractivity (Wildman–Crippen MR) is 97.7 cm³/mol. The molecule has 0 aromatic heterocycles. The number of amides is 1. The normalized spacial score (nSPS) is 51.7. The molecule has 2 aliphatic carbocycles. The van der Waals surface area contributed by atoms with Gasteiger partial charge in [0.2, 0.25) is 0 Å². The fourth-order valence-corrected chi connectivity index (χ4v) is 6.40. The molecule has 8 atom stereocenters. The second-order valence-corrected chi connectivity index (χ2v) is 9.43. The van der Waals surface area contributed by atoms with Crippen LogP contribution in [0.1, 0.15) is 53.4 Å².